The van der Waals surface area contributed by atoms with Crippen molar-refractivity contribution in [3.8, 4) is 0 Å². The molecule has 89 heavy (non-hydrogen) atoms. The quantitative estimate of drug-likeness (QED) is 0.0320. The van der Waals surface area contributed by atoms with Gasteiger partial charge in [-0.15, -0.1) is 0 Å². The summed E-state index contributed by atoms with van der Waals surface area (Å²) in [4.78, 5) is 24.7. The Balaban J connectivity index is 3.42. The number of rotatable bonds is 76. The van der Waals surface area contributed by atoms with Gasteiger partial charge >= 0.3 is 5.97 Å². The Bertz CT molecular complexity index is 1490. The van der Waals surface area contributed by atoms with Crippen molar-refractivity contribution in [1.29, 1.82) is 0 Å². The maximum Gasteiger partial charge on any atom is 0.305 e. The van der Waals surface area contributed by atoms with Crippen LogP contribution in [0.15, 0.2) is 48.6 Å². The van der Waals surface area contributed by atoms with Crippen LogP contribution in [0.3, 0.4) is 0 Å². The van der Waals surface area contributed by atoms with Gasteiger partial charge in [-0.05, 0) is 89.9 Å². The second-order valence-corrected chi connectivity index (χ2v) is 27.7. The topological polar surface area (TPSA) is 95.9 Å². The number of carbonyl (C=O) groups excluding carboxylic acids is 2. The largest absolute Gasteiger partial charge is 0.466 e. The van der Waals surface area contributed by atoms with E-state index in [2.05, 4.69) is 55.6 Å². The number of hydrogen-bond donors (Lipinski definition) is 3. The zero-order valence-electron chi connectivity index (χ0n) is 60.2. The molecule has 0 aromatic carbocycles. The van der Waals surface area contributed by atoms with Crippen LogP contribution in [-0.4, -0.2) is 47.4 Å². The lowest BCUT2D eigenvalue weighted by Crippen LogP contribution is -2.45. The Morgan fingerprint density at radius 2 is 0.562 bits per heavy atom. The van der Waals surface area contributed by atoms with Crippen molar-refractivity contribution in [3.63, 3.8) is 0 Å². The summed E-state index contributed by atoms with van der Waals surface area (Å²) in [7, 11) is 0. The molecule has 0 fully saturated rings. The van der Waals surface area contributed by atoms with Crippen molar-refractivity contribution >= 4 is 11.9 Å². The molecule has 6 heteroatoms. The van der Waals surface area contributed by atoms with E-state index in [-0.39, 0.29) is 18.5 Å². The molecule has 0 spiro atoms. The molecular formula is C83H157NO5. The van der Waals surface area contributed by atoms with E-state index in [4.69, 9.17) is 4.74 Å². The molecular weight excluding hydrogens is 1090 g/mol. The third-order valence-electron chi connectivity index (χ3n) is 18.8. The Labute approximate surface area is 556 Å². The predicted octanol–water partition coefficient (Wildman–Crippen LogP) is 26.8. The lowest BCUT2D eigenvalue weighted by Gasteiger charge is -2.20. The number of carbonyl (C=O) groups is 2. The summed E-state index contributed by atoms with van der Waals surface area (Å²) < 4.78 is 5.51. The Morgan fingerprint density at radius 3 is 0.865 bits per heavy atom. The van der Waals surface area contributed by atoms with Crippen molar-refractivity contribution < 1.29 is 24.5 Å². The number of aliphatic hydroxyl groups is 2. The van der Waals surface area contributed by atoms with Crippen LogP contribution >= 0.6 is 0 Å². The van der Waals surface area contributed by atoms with Crippen molar-refractivity contribution in [2.75, 3.05) is 13.2 Å². The average molecular weight is 1250 g/mol. The first-order valence-corrected chi connectivity index (χ1v) is 40.4. The first kappa shape index (κ1) is 86.8. The van der Waals surface area contributed by atoms with E-state index in [9.17, 15) is 19.8 Å². The first-order valence-electron chi connectivity index (χ1n) is 40.4. The summed E-state index contributed by atoms with van der Waals surface area (Å²) in [5.74, 6) is -0.0526. The lowest BCUT2D eigenvalue weighted by molar-refractivity contribution is -0.143. The smallest absolute Gasteiger partial charge is 0.305 e. The van der Waals surface area contributed by atoms with Crippen LogP contribution < -0.4 is 5.32 Å². The molecule has 0 rings (SSSR count). The molecule has 0 bridgehead atoms. The van der Waals surface area contributed by atoms with Gasteiger partial charge in [-0.3, -0.25) is 9.59 Å². The summed E-state index contributed by atoms with van der Waals surface area (Å²) in [5, 5.41) is 23.3. The van der Waals surface area contributed by atoms with Crippen LogP contribution in [0.1, 0.15) is 444 Å². The SMILES string of the molecule is CCCCCCCC/C=C\CCCCCCCCCCCC(=O)OCCCCCCCCCCC/C=C\C/C=C\CCCCCCCCCCCCCCCC(=O)NC(CO)C(O)/C=C/CCCCCCCCCCCCCCCCCCCCCCCC. The van der Waals surface area contributed by atoms with Crippen molar-refractivity contribution in [2.45, 2.75) is 456 Å². The van der Waals surface area contributed by atoms with Crippen molar-refractivity contribution in [2.24, 2.45) is 0 Å². The molecule has 1 amide bonds. The number of hydrogen-bond acceptors (Lipinski definition) is 5. The second kappa shape index (κ2) is 78.3. The van der Waals surface area contributed by atoms with Gasteiger partial charge in [0.05, 0.1) is 25.4 Å². The summed E-state index contributed by atoms with van der Waals surface area (Å²) >= 11 is 0. The van der Waals surface area contributed by atoms with Crippen LogP contribution in [-0.2, 0) is 14.3 Å². The molecule has 0 saturated heterocycles. The standard InChI is InChI=1S/C83H157NO5/c1-3-5-7-9-11-13-15-17-19-21-23-24-25-33-36-40-43-47-51-55-59-63-67-71-75-81(86)80(79-85)84-82(87)76-72-68-64-60-56-52-48-44-41-37-34-31-29-27-26-28-30-32-35-38-42-46-50-54-58-62-66-70-74-78-89-83(88)77-73-69-65-61-57-53-49-45-39-22-20-18-16-14-12-10-8-6-4-2/h18,20,26,28,32,35,71,75,80-81,85-86H,3-17,19,21-25,27,29-31,33-34,36-70,72-74,76-79H2,1-2H3,(H,84,87)/b20-18-,28-26-,35-32-,75-71+. The van der Waals surface area contributed by atoms with E-state index >= 15 is 0 Å². The maximum atomic E-state index is 12.6. The molecule has 0 heterocycles. The van der Waals surface area contributed by atoms with E-state index in [1.807, 2.05) is 6.08 Å². The van der Waals surface area contributed by atoms with Gasteiger partial charge in [-0.1, -0.05) is 390 Å². The Kier molecular flexibility index (Phi) is 76.3. The minimum absolute atomic E-state index is 0.0119. The third-order valence-corrected chi connectivity index (χ3v) is 18.8. The van der Waals surface area contributed by atoms with Crippen LogP contribution in [0.4, 0.5) is 0 Å². The van der Waals surface area contributed by atoms with Gasteiger partial charge in [0.1, 0.15) is 0 Å². The minimum Gasteiger partial charge on any atom is -0.466 e. The summed E-state index contributed by atoms with van der Waals surface area (Å²) in [5.41, 5.74) is 0. The van der Waals surface area contributed by atoms with E-state index in [1.54, 1.807) is 6.08 Å². The summed E-state index contributed by atoms with van der Waals surface area (Å²) in [6.45, 7) is 4.94. The van der Waals surface area contributed by atoms with Gasteiger partial charge in [0.25, 0.3) is 0 Å². The Hall–Kier alpha value is -2.18. The number of unbranched alkanes of at least 4 members (excludes halogenated alkanes) is 59. The normalized spacial score (nSPS) is 12.7. The molecule has 524 valence electrons. The van der Waals surface area contributed by atoms with E-state index in [1.165, 1.54) is 366 Å². The molecule has 0 aliphatic heterocycles. The third kappa shape index (κ3) is 74.7. The van der Waals surface area contributed by atoms with E-state index in [0.717, 1.165) is 51.4 Å². The molecule has 6 nitrogen and oxygen atoms in total. The van der Waals surface area contributed by atoms with Crippen LogP contribution in [0.2, 0.25) is 0 Å². The average Bonchev–Trinajstić information content (AvgIpc) is 3.56. The summed E-state index contributed by atoms with van der Waals surface area (Å²) in [6.07, 6.45) is 104. The lowest BCUT2D eigenvalue weighted by atomic mass is 10.0. The highest BCUT2D eigenvalue weighted by molar-refractivity contribution is 5.76. The number of ether oxygens (including phenoxy) is 1. The van der Waals surface area contributed by atoms with Gasteiger partial charge < -0.3 is 20.3 Å². The summed E-state index contributed by atoms with van der Waals surface area (Å²) in [6, 6.07) is -0.631. The molecule has 2 unspecified atom stereocenters. The fraction of sp³-hybridized carbons (Fsp3) is 0.880. The zero-order chi connectivity index (χ0) is 64.2. The number of aliphatic hydroxyl groups excluding tert-OH is 2. The van der Waals surface area contributed by atoms with E-state index in [0.29, 0.717) is 19.4 Å². The molecule has 2 atom stereocenters. The maximum absolute atomic E-state index is 12.6. The molecule has 0 aromatic rings. The molecule has 0 aliphatic rings. The highest BCUT2D eigenvalue weighted by atomic mass is 16.5. The van der Waals surface area contributed by atoms with Crippen LogP contribution in [0.25, 0.3) is 0 Å². The molecule has 0 aliphatic carbocycles. The van der Waals surface area contributed by atoms with Crippen molar-refractivity contribution in [3.05, 3.63) is 48.6 Å². The second-order valence-electron chi connectivity index (χ2n) is 27.7. The predicted molar refractivity (Wildman–Crippen MR) is 393 cm³/mol. The monoisotopic (exact) mass is 1250 g/mol. The van der Waals surface area contributed by atoms with Gasteiger partial charge in [0.2, 0.25) is 5.91 Å². The van der Waals surface area contributed by atoms with E-state index < -0.39 is 12.1 Å². The van der Waals surface area contributed by atoms with Gasteiger partial charge in [0.15, 0.2) is 0 Å². The van der Waals surface area contributed by atoms with Gasteiger partial charge in [0, 0.05) is 12.8 Å². The van der Waals surface area contributed by atoms with Crippen molar-refractivity contribution in [1.82, 2.24) is 5.32 Å². The molecule has 0 saturated carbocycles. The van der Waals surface area contributed by atoms with Crippen LogP contribution in [0, 0.1) is 0 Å². The van der Waals surface area contributed by atoms with Crippen LogP contribution in [0.5, 0.6) is 0 Å². The number of amides is 1. The van der Waals surface area contributed by atoms with Gasteiger partial charge in [-0.2, -0.15) is 0 Å². The fourth-order valence-electron chi connectivity index (χ4n) is 12.7. The molecule has 0 radical (unpaired) electrons. The molecule has 0 aromatic heterocycles. The number of allylic oxidation sites excluding steroid dienone is 7. The Morgan fingerprint density at radius 1 is 0.315 bits per heavy atom. The molecule has 3 N–H and O–H groups in total. The number of esters is 1. The highest BCUT2D eigenvalue weighted by Crippen LogP contribution is 2.19. The minimum atomic E-state index is -0.848. The highest BCUT2D eigenvalue weighted by Gasteiger charge is 2.18. The van der Waals surface area contributed by atoms with Gasteiger partial charge in [-0.25, -0.2) is 0 Å². The number of nitrogens with one attached hydrogen (secondary N) is 1. The fourth-order valence-corrected chi connectivity index (χ4v) is 12.7. The zero-order valence-corrected chi connectivity index (χ0v) is 60.2. The first-order chi connectivity index (χ1) is 44.0.